The van der Waals surface area contributed by atoms with Gasteiger partial charge in [0.1, 0.15) is 11.3 Å². The van der Waals surface area contributed by atoms with Gasteiger partial charge < -0.3 is 9.30 Å². The molecule has 3 aromatic rings. The molecular formula is C16H18ClN3O. The van der Waals surface area contributed by atoms with Crippen molar-refractivity contribution in [1.29, 1.82) is 0 Å². The molecule has 21 heavy (non-hydrogen) atoms. The van der Waals surface area contributed by atoms with Crippen molar-refractivity contribution in [2.75, 3.05) is 7.11 Å². The second kappa shape index (κ2) is 5.62. The first-order valence-corrected chi connectivity index (χ1v) is 7.46. The molecule has 0 aliphatic rings. The van der Waals surface area contributed by atoms with Gasteiger partial charge in [-0.1, -0.05) is 18.2 Å². The van der Waals surface area contributed by atoms with Gasteiger partial charge in [0, 0.05) is 12.5 Å². The molecular weight excluding hydrogens is 286 g/mol. The van der Waals surface area contributed by atoms with E-state index in [2.05, 4.69) is 20.6 Å². The van der Waals surface area contributed by atoms with E-state index in [1.807, 2.05) is 38.2 Å². The monoisotopic (exact) mass is 303 g/mol. The van der Waals surface area contributed by atoms with Crippen molar-refractivity contribution in [3.63, 3.8) is 0 Å². The molecule has 2 atom stereocenters. The van der Waals surface area contributed by atoms with Crippen molar-refractivity contribution in [3.8, 4) is 0 Å². The summed E-state index contributed by atoms with van der Waals surface area (Å²) < 4.78 is 7.57. The van der Waals surface area contributed by atoms with Crippen LogP contribution in [0.25, 0.3) is 21.9 Å². The lowest BCUT2D eigenvalue weighted by Crippen LogP contribution is -2.17. The van der Waals surface area contributed by atoms with Crippen molar-refractivity contribution in [2.24, 2.45) is 0 Å². The Morgan fingerprint density at radius 2 is 2.00 bits per heavy atom. The molecule has 0 saturated carbocycles. The van der Waals surface area contributed by atoms with Gasteiger partial charge in [-0.2, -0.15) is 0 Å². The number of rotatable bonds is 4. The molecule has 0 aliphatic carbocycles. The van der Waals surface area contributed by atoms with Crippen molar-refractivity contribution in [2.45, 2.75) is 31.9 Å². The number of aromatic nitrogens is 3. The van der Waals surface area contributed by atoms with E-state index >= 15 is 0 Å². The summed E-state index contributed by atoms with van der Waals surface area (Å²) in [4.78, 5) is 9.13. The van der Waals surface area contributed by atoms with Crippen LogP contribution in [0.15, 0.2) is 30.5 Å². The number of halogens is 1. The van der Waals surface area contributed by atoms with Gasteiger partial charge in [0.2, 0.25) is 0 Å². The lowest BCUT2D eigenvalue weighted by Gasteiger charge is -2.15. The fourth-order valence-electron chi connectivity index (χ4n) is 2.60. The molecule has 0 radical (unpaired) electrons. The van der Waals surface area contributed by atoms with Gasteiger partial charge in [0.25, 0.3) is 0 Å². The average Bonchev–Trinajstić information content (AvgIpc) is 2.86. The van der Waals surface area contributed by atoms with Crippen molar-refractivity contribution in [1.82, 2.24) is 14.5 Å². The highest BCUT2D eigenvalue weighted by atomic mass is 35.5. The predicted molar refractivity (Wildman–Crippen MR) is 85.8 cm³/mol. The number of ether oxygens (including phenoxy) is 1. The van der Waals surface area contributed by atoms with E-state index in [4.69, 9.17) is 16.3 Å². The molecule has 0 amide bonds. The Labute approximate surface area is 128 Å². The van der Waals surface area contributed by atoms with Crippen LogP contribution in [0.5, 0.6) is 0 Å². The third-order valence-corrected chi connectivity index (χ3v) is 3.90. The summed E-state index contributed by atoms with van der Waals surface area (Å²) in [6.45, 7) is 4.69. The van der Waals surface area contributed by atoms with E-state index in [1.54, 1.807) is 7.11 Å². The zero-order valence-corrected chi connectivity index (χ0v) is 13.1. The summed E-state index contributed by atoms with van der Waals surface area (Å²) in [6.07, 6.45) is 1.90. The molecule has 0 bridgehead atoms. The molecule has 0 spiro atoms. The number of benzene rings is 1. The van der Waals surface area contributed by atoms with Crippen molar-refractivity contribution in [3.05, 3.63) is 36.3 Å². The Morgan fingerprint density at radius 3 is 2.71 bits per heavy atom. The standard InChI is InChI=1S/C16H18ClN3O/c1-10(21-3)9-20-15-12-6-4-5-7-13(12)18-8-14(15)19-16(20)11(2)17/h4-8,10-11H,9H2,1-3H3. The average molecular weight is 304 g/mol. The van der Waals surface area contributed by atoms with Crippen LogP contribution in [0.3, 0.4) is 0 Å². The Balaban J connectivity index is 2.33. The van der Waals surface area contributed by atoms with Crippen molar-refractivity contribution < 1.29 is 4.74 Å². The van der Waals surface area contributed by atoms with Crippen LogP contribution in [0.1, 0.15) is 25.0 Å². The van der Waals surface area contributed by atoms with Gasteiger partial charge in [-0.05, 0) is 19.9 Å². The first-order valence-electron chi connectivity index (χ1n) is 7.02. The van der Waals surface area contributed by atoms with Crippen LogP contribution in [0.2, 0.25) is 0 Å². The van der Waals surface area contributed by atoms with Gasteiger partial charge in [-0.15, -0.1) is 11.6 Å². The Morgan fingerprint density at radius 1 is 1.24 bits per heavy atom. The Kier molecular flexibility index (Phi) is 3.83. The number of nitrogens with zero attached hydrogens (tertiary/aromatic N) is 3. The predicted octanol–water partition coefficient (Wildman–Crippen LogP) is 3.92. The molecule has 4 nitrogen and oxygen atoms in total. The van der Waals surface area contributed by atoms with Gasteiger partial charge >= 0.3 is 0 Å². The minimum absolute atomic E-state index is 0.0866. The van der Waals surface area contributed by atoms with Crippen LogP contribution in [0.4, 0.5) is 0 Å². The summed E-state index contributed by atoms with van der Waals surface area (Å²) >= 11 is 6.31. The molecule has 2 aromatic heterocycles. The largest absolute Gasteiger partial charge is 0.380 e. The van der Waals surface area contributed by atoms with E-state index < -0.39 is 0 Å². The van der Waals surface area contributed by atoms with E-state index in [9.17, 15) is 0 Å². The fourth-order valence-corrected chi connectivity index (χ4v) is 2.77. The topological polar surface area (TPSA) is 39.9 Å². The Hall–Kier alpha value is -1.65. The highest BCUT2D eigenvalue weighted by molar-refractivity contribution is 6.20. The zero-order chi connectivity index (χ0) is 15.0. The van der Waals surface area contributed by atoms with E-state index in [-0.39, 0.29) is 11.5 Å². The minimum atomic E-state index is -0.166. The molecule has 3 rings (SSSR count). The van der Waals surface area contributed by atoms with Gasteiger partial charge in [-0.25, -0.2) is 4.98 Å². The number of imidazole rings is 1. The minimum Gasteiger partial charge on any atom is -0.380 e. The molecule has 2 unspecified atom stereocenters. The number of pyridine rings is 1. The number of hydrogen-bond donors (Lipinski definition) is 0. The van der Waals surface area contributed by atoms with E-state index in [0.29, 0.717) is 6.54 Å². The van der Waals surface area contributed by atoms with Gasteiger partial charge in [-0.3, -0.25) is 4.98 Å². The first kappa shape index (κ1) is 14.3. The summed E-state index contributed by atoms with van der Waals surface area (Å²) in [5.74, 6) is 0.855. The van der Waals surface area contributed by atoms with E-state index in [0.717, 1.165) is 27.8 Å². The quantitative estimate of drug-likeness (QED) is 0.686. The lowest BCUT2D eigenvalue weighted by atomic mass is 10.2. The fraction of sp³-hybridized carbons (Fsp3) is 0.375. The van der Waals surface area contributed by atoms with Crippen molar-refractivity contribution >= 4 is 33.5 Å². The van der Waals surface area contributed by atoms with Gasteiger partial charge in [0.15, 0.2) is 0 Å². The molecule has 2 heterocycles. The number of fused-ring (bicyclic) bond motifs is 3. The summed E-state index contributed by atoms with van der Waals surface area (Å²) in [5.41, 5.74) is 2.91. The SMILES string of the molecule is COC(C)Cn1c(C(C)Cl)nc2cnc3ccccc3c21. The molecule has 5 heteroatoms. The Bertz CT molecular complexity index is 782. The second-order valence-electron chi connectivity index (χ2n) is 5.25. The number of hydrogen-bond acceptors (Lipinski definition) is 3. The molecule has 1 aromatic carbocycles. The lowest BCUT2D eigenvalue weighted by molar-refractivity contribution is 0.103. The van der Waals surface area contributed by atoms with Crippen LogP contribution in [-0.2, 0) is 11.3 Å². The molecule has 110 valence electrons. The zero-order valence-electron chi connectivity index (χ0n) is 12.4. The van der Waals surface area contributed by atoms with Crippen LogP contribution in [-0.4, -0.2) is 27.7 Å². The molecule has 0 saturated heterocycles. The maximum absolute atomic E-state index is 6.31. The van der Waals surface area contributed by atoms with E-state index in [1.165, 1.54) is 0 Å². The van der Waals surface area contributed by atoms with Crippen LogP contribution >= 0.6 is 11.6 Å². The van der Waals surface area contributed by atoms with Gasteiger partial charge in [0.05, 0.1) is 35.3 Å². The highest BCUT2D eigenvalue weighted by Crippen LogP contribution is 2.29. The third-order valence-electron chi connectivity index (χ3n) is 3.71. The molecule has 0 fully saturated rings. The summed E-state index contributed by atoms with van der Waals surface area (Å²) in [6, 6.07) is 8.09. The second-order valence-corrected chi connectivity index (χ2v) is 5.91. The summed E-state index contributed by atoms with van der Waals surface area (Å²) in [5, 5.41) is 0.926. The van der Waals surface area contributed by atoms with Crippen LogP contribution < -0.4 is 0 Å². The third kappa shape index (κ3) is 2.49. The number of methoxy groups -OCH3 is 1. The first-order chi connectivity index (χ1) is 10.1. The van der Waals surface area contributed by atoms with Crippen LogP contribution in [0, 0.1) is 0 Å². The molecule has 0 N–H and O–H groups in total. The maximum atomic E-state index is 6.31. The normalized spacial score (nSPS) is 14.7. The smallest absolute Gasteiger partial charge is 0.127 e. The highest BCUT2D eigenvalue weighted by Gasteiger charge is 2.18. The summed E-state index contributed by atoms with van der Waals surface area (Å²) in [7, 11) is 1.72. The maximum Gasteiger partial charge on any atom is 0.127 e. The number of alkyl halides is 1. The molecule has 0 aliphatic heterocycles. The number of para-hydroxylation sites is 1.